The molecule has 0 saturated heterocycles. The zero-order chi connectivity index (χ0) is 12.1. The van der Waals surface area contributed by atoms with Gasteiger partial charge in [-0.3, -0.25) is 0 Å². The Morgan fingerprint density at radius 1 is 1.33 bits per heavy atom. The zero-order valence-corrected chi connectivity index (χ0v) is 9.36. The van der Waals surface area contributed by atoms with Crippen molar-refractivity contribution in [2.24, 2.45) is 0 Å². The maximum Gasteiger partial charge on any atom is 0.336 e. The lowest BCUT2D eigenvalue weighted by Gasteiger charge is -2.22. The van der Waals surface area contributed by atoms with Crippen LogP contribution in [0.2, 0.25) is 0 Å². The standard InChI is InChI=1S/C10H16O5/c1-5-10(2,13)7(9(12)15-4)6-8(11)14-3/h6,13H,5H2,1-4H3/b7-6+. The number of rotatable bonds is 4. The monoisotopic (exact) mass is 216 g/mol. The molecule has 0 bridgehead atoms. The summed E-state index contributed by atoms with van der Waals surface area (Å²) in [6.45, 7) is 3.12. The molecule has 0 rings (SSSR count). The van der Waals surface area contributed by atoms with Crippen molar-refractivity contribution in [1.29, 1.82) is 0 Å². The predicted molar refractivity (Wildman–Crippen MR) is 53.0 cm³/mol. The summed E-state index contributed by atoms with van der Waals surface area (Å²) in [5.74, 6) is -1.45. The normalized spacial score (nSPS) is 15.4. The molecule has 0 saturated carbocycles. The summed E-state index contributed by atoms with van der Waals surface area (Å²) in [6.07, 6.45) is 1.22. The summed E-state index contributed by atoms with van der Waals surface area (Å²) in [6, 6.07) is 0. The van der Waals surface area contributed by atoms with E-state index in [4.69, 9.17) is 0 Å². The molecule has 0 fully saturated rings. The van der Waals surface area contributed by atoms with Crippen LogP contribution in [0.4, 0.5) is 0 Å². The number of carbonyl (C=O) groups is 2. The Balaban J connectivity index is 5.15. The number of aliphatic hydroxyl groups is 1. The van der Waals surface area contributed by atoms with Gasteiger partial charge in [0.1, 0.15) is 0 Å². The maximum absolute atomic E-state index is 11.3. The van der Waals surface area contributed by atoms with Gasteiger partial charge in [0, 0.05) is 6.08 Å². The lowest BCUT2D eigenvalue weighted by atomic mass is 9.92. The molecule has 0 aromatic heterocycles. The van der Waals surface area contributed by atoms with Gasteiger partial charge in [-0.2, -0.15) is 0 Å². The molecule has 1 atom stereocenters. The Bertz CT molecular complexity index is 278. The summed E-state index contributed by atoms with van der Waals surface area (Å²) >= 11 is 0. The average molecular weight is 216 g/mol. The first-order valence-electron chi connectivity index (χ1n) is 4.49. The Hall–Kier alpha value is -1.36. The average Bonchev–Trinajstić information content (AvgIpc) is 2.24. The van der Waals surface area contributed by atoms with Crippen LogP contribution in [-0.2, 0) is 19.1 Å². The summed E-state index contributed by atoms with van der Waals surface area (Å²) in [5.41, 5.74) is -1.51. The van der Waals surface area contributed by atoms with Gasteiger partial charge in [-0.1, -0.05) is 6.92 Å². The van der Waals surface area contributed by atoms with Crippen LogP contribution in [-0.4, -0.2) is 36.9 Å². The van der Waals surface area contributed by atoms with Crippen molar-refractivity contribution in [2.45, 2.75) is 25.9 Å². The van der Waals surface area contributed by atoms with E-state index in [1.807, 2.05) is 0 Å². The number of hydrogen-bond donors (Lipinski definition) is 1. The molecule has 1 unspecified atom stereocenters. The van der Waals surface area contributed by atoms with E-state index in [0.29, 0.717) is 0 Å². The Labute approximate surface area is 88.7 Å². The molecule has 1 N–H and O–H groups in total. The third-order valence-electron chi connectivity index (χ3n) is 2.14. The number of methoxy groups -OCH3 is 2. The fourth-order valence-corrected chi connectivity index (χ4v) is 0.911. The fourth-order valence-electron chi connectivity index (χ4n) is 0.911. The molecule has 0 spiro atoms. The van der Waals surface area contributed by atoms with E-state index < -0.39 is 17.5 Å². The lowest BCUT2D eigenvalue weighted by Crippen LogP contribution is -2.32. The zero-order valence-electron chi connectivity index (χ0n) is 9.36. The van der Waals surface area contributed by atoms with Gasteiger partial charge in [-0.25, -0.2) is 9.59 Å². The van der Waals surface area contributed by atoms with Crippen molar-refractivity contribution in [2.75, 3.05) is 14.2 Å². The molecule has 0 heterocycles. The van der Waals surface area contributed by atoms with Crippen LogP contribution in [0.5, 0.6) is 0 Å². The first kappa shape index (κ1) is 13.6. The second-order valence-corrected chi connectivity index (χ2v) is 3.20. The van der Waals surface area contributed by atoms with Crippen LogP contribution in [0.3, 0.4) is 0 Å². The van der Waals surface area contributed by atoms with Crippen LogP contribution >= 0.6 is 0 Å². The van der Waals surface area contributed by atoms with Crippen molar-refractivity contribution in [3.63, 3.8) is 0 Å². The van der Waals surface area contributed by atoms with Crippen molar-refractivity contribution in [1.82, 2.24) is 0 Å². The highest BCUT2D eigenvalue weighted by molar-refractivity contribution is 5.97. The number of hydrogen-bond acceptors (Lipinski definition) is 5. The summed E-state index contributed by atoms with van der Waals surface area (Å²) in [4.78, 5) is 22.3. The Kier molecular flexibility index (Phi) is 5.00. The smallest absolute Gasteiger partial charge is 0.336 e. The van der Waals surface area contributed by atoms with Crippen molar-refractivity contribution in [3.05, 3.63) is 11.6 Å². The van der Waals surface area contributed by atoms with Crippen LogP contribution < -0.4 is 0 Å². The largest absolute Gasteiger partial charge is 0.466 e. The van der Waals surface area contributed by atoms with E-state index in [9.17, 15) is 14.7 Å². The quantitative estimate of drug-likeness (QED) is 0.544. The molecule has 5 heteroatoms. The Morgan fingerprint density at radius 3 is 2.20 bits per heavy atom. The van der Waals surface area contributed by atoms with Crippen molar-refractivity contribution in [3.8, 4) is 0 Å². The van der Waals surface area contributed by atoms with Crippen LogP contribution in [0, 0.1) is 0 Å². The minimum Gasteiger partial charge on any atom is -0.466 e. The molecule has 0 aromatic rings. The Morgan fingerprint density at radius 2 is 1.87 bits per heavy atom. The third kappa shape index (κ3) is 3.71. The summed E-state index contributed by atoms with van der Waals surface area (Å²) in [7, 11) is 2.37. The minimum absolute atomic E-state index is 0.112. The first-order valence-corrected chi connectivity index (χ1v) is 4.49. The van der Waals surface area contributed by atoms with E-state index >= 15 is 0 Å². The molecule has 0 radical (unpaired) electrons. The van der Waals surface area contributed by atoms with Crippen LogP contribution in [0.15, 0.2) is 11.6 Å². The first-order chi connectivity index (χ1) is 6.88. The molecule has 0 aromatic carbocycles. The SMILES string of the molecule is CCC(C)(O)/C(=C/C(=O)OC)C(=O)OC. The van der Waals surface area contributed by atoms with E-state index in [1.54, 1.807) is 6.92 Å². The van der Waals surface area contributed by atoms with E-state index in [0.717, 1.165) is 6.08 Å². The maximum atomic E-state index is 11.3. The van der Waals surface area contributed by atoms with Gasteiger partial charge in [0.15, 0.2) is 0 Å². The van der Waals surface area contributed by atoms with Crippen molar-refractivity contribution >= 4 is 11.9 Å². The second-order valence-electron chi connectivity index (χ2n) is 3.20. The summed E-state index contributed by atoms with van der Waals surface area (Å²) in [5, 5.41) is 9.85. The lowest BCUT2D eigenvalue weighted by molar-refractivity contribution is -0.140. The third-order valence-corrected chi connectivity index (χ3v) is 2.14. The molecule has 15 heavy (non-hydrogen) atoms. The van der Waals surface area contributed by atoms with Gasteiger partial charge in [0.2, 0.25) is 0 Å². The van der Waals surface area contributed by atoms with E-state index in [1.165, 1.54) is 21.1 Å². The van der Waals surface area contributed by atoms with Gasteiger partial charge in [-0.05, 0) is 13.3 Å². The van der Waals surface area contributed by atoms with E-state index in [-0.39, 0.29) is 12.0 Å². The fraction of sp³-hybridized carbons (Fsp3) is 0.600. The minimum atomic E-state index is -1.40. The van der Waals surface area contributed by atoms with Gasteiger partial charge in [-0.15, -0.1) is 0 Å². The molecular formula is C10H16O5. The molecule has 86 valence electrons. The molecule has 0 aliphatic carbocycles. The van der Waals surface area contributed by atoms with Gasteiger partial charge >= 0.3 is 11.9 Å². The number of carbonyl (C=O) groups excluding carboxylic acids is 2. The molecule has 0 amide bonds. The molecular weight excluding hydrogens is 200 g/mol. The highest BCUT2D eigenvalue weighted by Gasteiger charge is 2.30. The van der Waals surface area contributed by atoms with Gasteiger partial charge in [0.25, 0.3) is 0 Å². The van der Waals surface area contributed by atoms with Crippen molar-refractivity contribution < 1.29 is 24.2 Å². The molecule has 5 nitrogen and oxygen atoms in total. The molecule has 0 aliphatic rings. The van der Waals surface area contributed by atoms with Crippen LogP contribution in [0.1, 0.15) is 20.3 Å². The number of ether oxygens (including phenoxy) is 2. The van der Waals surface area contributed by atoms with Gasteiger partial charge < -0.3 is 14.6 Å². The van der Waals surface area contributed by atoms with Gasteiger partial charge in [0.05, 0.1) is 25.4 Å². The highest BCUT2D eigenvalue weighted by Crippen LogP contribution is 2.21. The van der Waals surface area contributed by atoms with E-state index in [2.05, 4.69) is 9.47 Å². The predicted octanol–water partition coefficient (Wildman–Crippen LogP) is 0.420. The summed E-state index contributed by atoms with van der Waals surface area (Å²) < 4.78 is 8.85. The number of esters is 2. The highest BCUT2D eigenvalue weighted by atomic mass is 16.5. The van der Waals surface area contributed by atoms with Crippen LogP contribution in [0.25, 0.3) is 0 Å². The second kappa shape index (κ2) is 5.50. The topological polar surface area (TPSA) is 72.8 Å². The molecule has 0 aliphatic heterocycles.